The highest BCUT2D eigenvalue weighted by Gasteiger charge is 2.21. The molecule has 1 aromatic rings. The molecule has 7 heteroatoms. The Balaban J connectivity index is 3.36. The number of carboxylic acid groups (broad SMARTS) is 1. The molecule has 5 nitrogen and oxygen atoms in total. The average Bonchev–Trinajstić information content (AvgIpc) is 2.16. The number of nitrogen functional groups attached to an aromatic ring is 1. The molecule has 0 aliphatic rings. The van der Waals surface area contributed by atoms with Crippen LogP contribution in [0.5, 0.6) is 0 Å². The molecule has 0 fully saturated rings. The molecule has 5 N–H and O–H groups in total. The number of rotatable bonds is 4. The molecule has 88 valence electrons. The van der Waals surface area contributed by atoms with Crippen LogP contribution in [0.2, 0.25) is 0 Å². The lowest BCUT2D eigenvalue weighted by Crippen LogP contribution is -2.13. The summed E-state index contributed by atoms with van der Waals surface area (Å²) in [4.78, 5) is 14.1. The van der Waals surface area contributed by atoms with Gasteiger partial charge in [0, 0.05) is 12.7 Å². The van der Waals surface area contributed by atoms with E-state index in [1.807, 2.05) is 0 Å². The number of aliphatic carboxylic acids is 1. The first kappa shape index (κ1) is 12.3. The Bertz CT molecular complexity index is 410. The fraction of sp³-hybridized carbons (Fsp3) is 0.333. The summed E-state index contributed by atoms with van der Waals surface area (Å²) in [5.74, 6) is -1.58. The van der Waals surface area contributed by atoms with Crippen LogP contribution in [0.4, 0.5) is 14.6 Å². The third-order valence-electron chi connectivity index (χ3n) is 2.11. The second-order valence-corrected chi connectivity index (χ2v) is 3.14. The number of hydrogen-bond donors (Lipinski definition) is 3. The maximum absolute atomic E-state index is 12.7. The quantitative estimate of drug-likeness (QED) is 0.707. The fourth-order valence-corrected chi connectivity index (χ4v) is 1.40. The number of aromatic nitrogens is 1. The van der Waals surface area contributed by atoms with Gasteiger partial charge in [0.15, 0.2) is 0 Å². The summed E-state index contributed by atoms with van der Waals surface area (Å²) in [7, 11) is 0. The zero-order chi connectivity index (χ0) is 12.3. The van der Waals surface area contributed by atoms with E-state index in [1.165, 1.54) is 6.20 Å². The van der Waals surface area contributed by atoms with Crippen LogP contribution in [0.25, 0.3) is 0 Å². The number of pyridine rings is 1. The molecule has 0 atom stereocenters. The molecule has 0 saturated carbocycles. The van der Waals surface area contributed by atoms with Crippen LogP contribution in [0.3, 0.4) is 0 Å². The van der Waals surface area contributed by atoms with Crippen molar-refractivity contribution in [3.05, 3.63) is 22.9 Å². The van der Waals surface area contributed by atoms with Gasteiger partial charge >= 0.3 is 5.97 Å². The number of carboxylic acids is 1. The third kappa shape index (κ3) is 2.43. The topological polar surface area (TPSA) is 102 Å². The van der Waals surface area contributed by atoms with Gasteiger partial charge in [-0.15, -0.1) is 0 Å². The van der Waals surface area contributed by atoms with Crippen LogP contribution >= 0.6 is 0 Å². The van der Waals surface area contributed by atoms with Gasteiger partial charge in [-0.3, -0.25) is 4.79 Å². The van der Waals surface area contributed by atoms with Crippen molar-refractivity contribution in [1.29, 1.82) is 0 Å². The van der Waals surface area contributed by atoms with E-state index >= 15 is 0 Å². The van der Waals surface area contributed by atoms with Gasteiger partial charge in [0.2, 0.25) is 0 Å². The van der Waals surface area contributed by atoms with Gasteiger partial charge in [-0.2, -0.15) is 0 Å². The van der Waals surface area contributed by atoms with Crippen molar-refractivity contribution < 1.29 is 18.7 Å². The number of nitrogens with two attached hydrogens (primary N) is 2. The molecular weight excluding hydrogens is 220 g/mol. The molecule has 0 amide bonds. The summed E-state index contributed by atoms with van der Waals surface area (Å²) in [5.41, 5.74) is 10.3. The summed E-state index contributed by atoms with van der Waals surface area (Å²) >= 11 is 0. The molecule has 0 saturated heterocycles. The molecule has 0 spiro atoms. The van der Waals surface area contributed by atoms with E-state index in [1.54, 1.807) is 0 Å². The van der Waals surface area contributed by atoms with Gasteiger partial charge < -0.3 is 16.6 Å². The van der Waals surface area contributed by atoms with Crippen molar-refractivity contribution in [3.63, 3.8) is 0 Å². The maximum Gasteiger partial charge on any atom is 0.307 e. The van der Waals surface area contributed by atoms with E-state index in [-0.39, 0.29) is 23.5 Å². The van der Waals surface area contributed by atoms with Crippen LogP contribution in [-0.2, 0) is 17.8 Å². The Morgan fingerprint density at radius 2 is 2.19 bits per heavy atom. The minimum Gasteiger partial charge on any atom is -0.481 e. The van der Waals surface area contributed by atoms with Crippen molar-refractivity contribution >= 4 is 11.8 Å². The van der Waals surface area contributed by atoms with Crippen molar-refractivity contribution in [2.24, 2.45) is 5.73 Å². The Kier molecular flexibility index (Phi) is 3.73. The predicted octanol–water partition coefficient (Wildman–Crippen LogP) is 0.687. The van der Waals surface area contributed by atoms with Crippen molar-refractivity contribution in [1.82, 2.24) is 4.98 Å². The Hall–Kier alpha value is -1.76. The van der Waals surface area contributed by atoms with Crippen LogP contribution in [0, 0.1) is 0 Å². The first-order chi connectivity index (χ1) is 7.47. The van der Waals surface area contributed by atoms with Crippen LogP contribution in [-0.4, -0.2) is 16.1 Å². The number of nitrogens with zero attached hydrogens (tertiary/aromatic N) is 1. The minimum absolute atomic E-state index is 0.0440. The third-order valence-corrected chi connectivity index (χ3v) is 2.11. The zero-order valence-electron chi connectivity index (χ0n) is 8.28. The summed E-state index contributed by atoms with van der Waals surface area (Å²) in [5, 5.41) is 8.64. The second-order valence-electron chi connectivity index (χ2n) is 3.14. The Morgan fingerprint density at radius 3 is 2.62 bits per heavy atom. The summed E-state index contributed by atoms with van der Waals surface area (Å²) < 4.78 is 25.4. The molecule has 0 aromatic carbocycles. The van der Waals surface area contributed by atoms with Crippen LogP contribution in [0.1, 0.15) is 23.1 Å². The first-order valence-electron chi connectivity index (χ1n) is 4.43. The van der Waals surface area contributed by atoms with E-state index < -0.39 is 24.4 Å². The average molecular weight is 231 g/mol. The second kappa shape index (κ2) is 4.84. The monoisotopic (exact) mass is 231 g/mol. The summed E-state index contributed by atoms with van der Waals surface area (Å²) in [6, 6.07) is 0. The highest BCUT2D eigenvalue weighted by atomic mass is 19.3. The van der Waals surface area contributed by atoms with E-state index in [2.05, 4.69) is 4.98 Å². The lowest BCUT2D eigenvalue weighted by atomic mass is 10.0. The van der Waals surface area contributed by atoms with Crippen LogP contribution < -0.4 is 11.5 Å². The minimum atomic E-state index is -2.87. The lowest BCUT2D eigenvalue weighted by Gasteiger charge is -2.13. The molecule has 16 heavy (non-hydrogen) atoms. The number of anilines is 1. The van der Waals surface area contributed by atoms with Gasteiger partial charge in [0.1, 0.15) is 5.82 Å². The molecule has 0 bridgehead atoms. The van der Waals surface area contributed by atoms with E-state index in [0.29, 0.717) is 0 Å². The molecular formula is C9H11F2N3O2. The fourth-order valence-electron chi connectivity index (χ4n) is 1.40. The van der Waals surface area contributed by atoms with Gasteiger partial charge in [-0.1, -0.05) is 0 Å². The molecule has 0 unspecified atom stereocenters. The Labute approximate surface area is 90.1 Å². The van der Waals surface area contributed by atoms with Crippen molar-refractivity contribution in [3.8, 4) is 0 Å². The highest BCUT2D eigenvalue weighted by molar-refractivity contribution is 5.72. The summed E-state index contributed by atoms with van der Waals surface area (Å²) in [6.45, 7) is -0.0599. The Morgan fingerprint density at radius 1 is 1.56 bits per heavy atom. The zero-order valence-corrected chi connectivity index (χ0v) is 8.28. The number of hydrogen-bond acceptors (Lipinski definition) is 4. The maximum atomic E-state index is 12.7. The number of carbonyl (C=O) groups is 1. The standard InChI is InChI=1S/C9H11F2N3O2/c10-8(11)7-5(1-6(15)16)4(2-12)3-14-9(7)13/h3,8H,1-2,12H2,(H2,13,14)(H,15,16). The first-order valence-corrected chi connectivity index (χ1v) is 4.43. The largest absolute Gasteiger partial charge is 0.481 e. The van der Waals surface area contributed by atoms with Crippen molar-refractivity contribution in [2.75, 3.05) is 5.73 Å². The van der Waals surface area contributed by atoms with E-state index in [9.17, 15) is 13.6 Å². The number of alkyl halides is 2. The normalized spacial score (nSPS) is 10.8. The molecule has 0 aliphatic heterocycles. The highest BCUT2D eigenvalue weighted by Crippen LogP contribution is 2.29. The van der Waals surface area contributed by atoms with Crippen molar-refractivity contribution in [2.45, 2.75) is 19.4 Å². The smallest absolute Gasteiger partial charge is 0.307 e. The molecule has 1 aromatic heterocycles. The van der Waals surface area contributed by atoms with Gasteiger partial charge in [0.05, 0.1) is 12.0 Å². The van der Waals surface area contributed by atoms with Crippen LogP contribution in [0.15, 0.2) is 6.20 Å². The molecule has 0 aliphatic carbocycles. The van der Waals surface area contributed by atoms with E-state index in [0.717, 1.165) is 0 Å². The van der Waals surface area contributed by atoms with Gasteiger partial charge in [-0.05, 0) is 11.1 Å². The lowest BCUT2D eigenvalue weighted by molar-refractivity contribution is -0.136. The molecule has 1 heterocycles. The predicted molar refractivity (Wildman–Crippen MR) is 52.8 cm³/mol. The SMILES string of the molecule is NCc1cnc(N)c(C(F)F)c1CC(=O)O. The van der Waals surface area contributed by atoms with E-state index in [4.69, 9.17) is 16.6 Å². The van der Waals surface area contributed by atoms with Gasteiger partial charge in [-0.25, -0.2) is 13.8 Å². The number of halogens is 2. The molecule has 1 rings (SSSR count). The summed E-state index contributed by atoms with van der Waals surface area (Å²) in [6.07, 6.45) is -2.19. The molecule has 0 radical (unpaired) electrons. The van der Waals surface area contributed by atoms with Gasteiger partial charge in [0.25, 0.3) is 6.43 Å².